The summed E-state index contributed by atoms with van der Waals surface area (Å²) in [6, 6.07) is 3.17. The van der Waals surface area contributed by atoms with E-state index >= 15 is 0 Å². The van der Waals surface area contributed by atoms with Crippen LogP contribution in [-0.4, -0.2) is 41.1 Å². The summed E-state index contributed by atoms with van der Waals surface area (Å²) in [5.74, 6) is -0.164. The molecule has 0 aromatic carbocycles. The molecule has 0 saturated carbocycles. The highest BCUT2D eigenvalue weighted by molar-refractivity contribution is 6.34. The van der Waals surface area contributed by atoms with Crippen LogP contribution in [0.1, 0.15) is 23.3 Å². The van der Waals surface area contributed by atoms with E-state index in [-0.39, 0.29) is 29.0 Å². The summed E-state index contributed by atoms with van der Waals surface area (Å²) in [5, 5.41) is 0.613. The SMILES string of the molecule is O=C(c1nc(Cl)ccc1Cl)N1CC2CCC(C1)O2. The molecule has 0 spiro atoms. The number of rotatable bonds is 1. The molecular formula is C12H12Cl2N2O2. The van der Waals surface area contributed by atoms with E-state index < -0.39 is 0 Å². The first-order valence-electron chi connectivity index (χ1n) is 5.90. The number of pyridine rings is 1. The zero-order valence-electron chi connectivity index (χ0n) is 9.60. The largest absolute Gasteiger partial charge is 0.371 e. The van der Waals surface area contributed by atoms with Gasteiger partial charge in [0.25, 0.3) is 5.91 Å². The van der Waals surface area contributed by atoms with E-state index in [4.69, 9.17) is 27.9 Å². The zero-order chi connectivity index (χ0) is 12.7. The van der Waals surface area contributed by atoms with Crippen molar-refractivity contribution in [2.45, 2.75) is 25.0 Å². The van der Waals surface area contributed by atoms with Gasteiger partial charge in [-0.1, -0.05) is 23.2 Å². The van der Waals surface area contributed by atoms with E-state index in [0.29, 0.717) is 18.1 Å². The summed E-state index contributed by atoms with van der Waals surface area (Å²) in [4.78, 5) is 18.1. The Hall–Kier alpha value is -0.840. The van der Waals surface area contributed by atoms with Gasteiger partial charge in [0.1, 0.15) is 10.8 Å². The third-order valence-corrected chi connectivity index (χ3v) is 3.86. The predicted octanol–water partition coefficient (Wildman–Crippen LogP) is 2.39. The van der Waals surface area contributed by atoms with Crippen LogP contribution < -0.4 is 0 Å². The fourth-order valence-corrected chi connectivity index (χ4v) is 2.83. The van der Waals surface area contributed by atoms with Crippen LogP contribution in [0.3, 0.4) is 0 Å². The first-order chi connectivity index (χ1) is 8.63. The van der Waals surface area contributed by atoms with E-state index in [0.717, 1.165) is 12.8 Å². The van der Waals surface area contributed by atoms with Crippen LogP contribution in [0, 0.1) is 0 Å². The lowest BCUT2D eigenvalue weighted by Crippen LogP contribution is -2.46. The van der Waals surface area contributed by atoms with Gasteiger partial charge >= 0.3 is 0 Å². The second-order valence-electron chi connectivity index (χ2n) is 4.63. The number of hydrogen-bond acceptors (Lipinski definition) is 3. The van der Waals surface area contributed by atoms with Crippen molar-refractivity contribution in [1.29, 1.82) is 0 Å². The standard InChI is InChI=1S/C12H12Cl2N2O2/c13-9-3-4-10(14)15-11(9)12(17)16-5-7-1-2-8(6-16)18-7/h3-4,7-8H,1-2,5-6H2. The maximum Gasteiger partial charge on any atom is 0.274 e. The molecule has 1 aromatic heterocycles. The Morgan fingerprint density at radius 1 is 1.28 bits per heavy atom. The smallest absolute Gasteiger partial charge is 0.274 e. The molecule has 4 nitrogen and oxygen atoms in total. The highest BCUT2D eigenvalue weighted by atomic mass is 35.5. The molecule has 2 saturated heterocycles. The molecule has 2 atom stereocenters. The summed E-state index contributed by atoms with van der Waals surface area (Å²) in [7, 11) is 0. The summed E-state index contributed by atoms with van der Waals surface area (Å²) in [6.07, 6.45) is 2.35. The first-order valence-corrected chi connectivity index (χ1v) is 6.66. The van der Waals surface area contributed by atoms with Crippen molar-refractivity contribution in [2.24, 2.45) is 0 Å². The maximum atomic E-state index is 12.4. The molecule has 0 aliphatic carbocycles. The molecule has 2 bridgehead atoms. The number of halogens is 2. The molecule has 2 unspecified atom stereocenters. The third kappa shape index (κ3) is 2.20. The second kappa shape index (κ2) is 4.68. The molecule has 96 valence electrons. The molecule has 0 N–H and O–H groups in total. The highest BCUT2D eigenvalue weighted by Gasteiger charge is 2.36. The van der Waals surface area contributed by atoms with Gasteiger partial charge in [0.15, 0.2) is 0 Å². The highest BCUT2D eigenvalue weighted by Crippen LogP contribution is 2.28. The quantitative estimate of drug-likeness (QED) is 0.745. The van der Waals surface area contributed by atoms with Crippen molar-refractivity contribution in [1.82, 2.24) is 9.88 Å². The summed E-state index contributed by atoms with van der Waals surface area (Å²) >= 11 is 11.8. The number of likely N-dealkylation sites (tertiary alicyclic amines) is 1. The van der Waals surface area contributed by atoms with Gasteiger partial charge in [-0.2, -0.15) is 0 Å². The Balaban J connectivity index is 1.84. The van der Waals surface area contributed by atoms with E-state index in [9.17, 15) is 4.79 Å². The van der Waals surface area contributed by atoms with E-state index in [1.54, 1.807) is 17.0 Å². The Morgan fingerprint density at radius 2 is 1.94 bits per heavy atom. The molecule has 2 fully saturated rings. The van der Waals surface area contributed by atoms with Crippen molar-refractivity contribution in [3.05, 3.63) is 28.0 Å². The minimum Gasteiger partial charge on any atom is -0.371 e. The number of morpholine rings is 1. The van der Waals surface area contributed by atoms with Gasteiger partial charge in [-0.05, 0) is 25.0 Å². The lowest BCUT2D eigenvalue weighted by molar-refractivity contribution is -0.0305. The zero-order valence-corrected chi connectivity index (χ0v) is 11.1. The van der Waals surface area contributed by atoms with Gasteiger partial charge in [-0.15, -0.1) is 0 Å². The fraction of sp³-hybridized carbons (Fsp3) is 0.500. The molecular weight excluding hydrogens is 275 g/mol. The Labute approximate surface area is 115 Å². The predicted molar refractivity (Wildman–Crippen MR) is 68.1 cm³/mol. The maximum absolute atomic E-state index is 12.4. The van der Waals surface area contributed by atoms with E-state index in [1.807, 2.05) is 0 Å². The van der Waals surface area contributed by atoms with Crippen LogP contribution in [0.4, 0.5) is 0 Å². The lowest BCUT2D eigenvalue weighted by atomic mass is 10.2. The molecule has 1 aromatic rings. The van der Waals surface area contributed by atoms with Crippen LogP contribution in [0.15, 0.2) is 12.1 Å². The molecule has 1 amide bonds. The number of ether oxygens (including phenoxy) is 1. The number of hydrogen-bond donors (Lipinski definition) is 0. The van der Waals surface area contributed by atoms with Gasteiger partial charge < -0.3 is 9.64 Å². The van der Waals surface area contributed by atoms with Crippen molar-refractivity contribution < 1.29 is 9.53 Å². The van der Waals surface area contributed by atoms with Crippen LogP contribution in [0.25, 0.3) is 0 Å². The van der Waals surface area contributed by atoms with Crippen LogP contribution in [-0.2, 0) is 4.74 Å². The first kappa shape index (κ1) is 12.2. The summed E-state index contributed by atoms with van der Waals surface area (Å²) in [6.45, 7) is 1.22. The minimum atomic E-state index is -0.164. The Kier molecular flexibility index (Phi) is 3.18. The van der Waals surface area contributed by atoms with Crippen molar-refractivity contribution in [2.75, 3.05) is 13.1 Å². The molecule has 0 radical (unpaired) electrons. The van der Waals surface area contributed by atoms with Crippen LogP contribution in [0.5, 0.6) is 0 Å². The average molecular weight is 287 g/mol. The topological polar surface area (TPSA) is 42.4 Å². The number of aromatic nitrogens is 1. The number of carbonyl (C=O) groups is 1. The minimum absolute atomic E-state index is 0.158. The van der Waals surface area contributed by atoms with Crippen molar-refractivity contribution in [3.8, 4) is 0 Å². The number of nitrogens with zero attached hydrogens (tertiary/aromatic N) is 2. The fourth-order valence-electron chi connectivity index (χ4n) is 2.50. The van der Waals surface area contributed by atoms with Gasteiger partial charge in [0.2, 0.25) is 0 Å². The number of carbonyl (C=O) groups excluding carboxylic acids is 1. The normalized spacial score (nSPS) is 26.4. The number of amides is 1. The summed E-state index contributed by atoms with van der Waals surface area (Å²) < 4.78 is 5.69. The molecule has 3 rings (SSSR count). The molecule has 2 aliphatic heterocycles. The van der Waals surface area contributed by atoms with Gasteiger partial charge in [0.05, 0.1) is 17.2 Å². The second-order valence-corrected chi connectivity index (χ2v) is 5.43. The van der Waals surface area contributed by atoms with Gasteiger partial charge in [-0.25, -0.2) is 4.98 Å². The van der Waals surface area contributed by atoms with Crippen LogP contribution in [0.2, 0.25) is 10.2 Å². The van der Waals surface area contributed by atoms with E-state index in [1.165, 1.54) is 0 Å². The number of fused-ring (bicyclic) bond motifs is 2. The van der Waals surface area contributed by atoms with Crippen molar-refractivity contribution >= 4 is 29.1 Å². The van der Waals surface area contributed by atoms with Gasteiger partial charge in [0, 0.05) is 13.1 Å². The molecule has 18 heavy (non-hydrogen) atoms. The Bertz CT molecular complexity index is 483. The monoisotopic (exact) mass is 286 g/mol. The lowest BCUT2D eigenvalue weighted by Gasteiger charge is -2.32. The Morgan fingerprint density at radius 3 is 2.61 bits per heavy atom. The molecule has 6 heteroatoms. The van der Waals surface area contributed by atoms with E-state index in [2.05, 4.69) is 4.98 Å². The average Bonchev–Trinajstić information content (AvgIpc) is 2.70. The molecule has 2 aliphatic rings. The van der Waals surface area contributed by atoms with Gasteiger partial charge in [-0.3, -0.25) is 4.79 Å². The third-order valence-electron chi connectivity index (χ3n) is 3.35. The summed E-state index contributed by atoms with van der Waals surface area (Å²) in [5.41, 5.74) is 0.227. The van der Waals surface area contributed by atoms with Crippen LogP contribution >= 0.6 is 23.2 Å². The van der Waals surface area contributed by atoms with Crippen molar-refractivity contribution in [3.63, 3.8) is 0 Å². The molecule has 3 heterocycles.